The first-order valence-electron chi connectivity index (χ1n) is 8.93. The largest absolute Gasteiger partial charge is 0.354 e. The molecule has 1 amide bonds. The SMILES string of the molecule is CCCCNc1nc(-c2ccccc2)cc(N2CCN(C=O)CC2)n1. The summed E-state index contributed by atoms with van der Waals surface area (Å²) < 4.78 is 0. The van der Waals surface area contributed by atoms with E-state index in [1.807, 2.05) is 24.3 Å². The van der Waals surface area contributed by atoms with Crippen LogP contribution in [0.25, 0.3) is 11.3 Å². The van der Waals surface area contributed by atoms with Crippen molar-refractivity contribution in [3.63, 3.8) is 0 Å². The molecule has 1 aromatic carbocycles. The fraction of sp³-hybridized carbons (Fsp3) is 0.421. The van der Waals surface area contributed by atoms with Crippen LogP contribution in [0.3, 0.4) is 0 Å². The highest BCUT2D eigenvalue weighted by Gasteiger charge is 2.18. The maximum atomic E-state index is 10.9. The van der Waals surface area contributed by atoms with Crippen LogP contribution in [-0.4, -0.2) is 54.0 Å². The zero-order valence-corrected chi connectivity index (χ0v) is 14.7. The Labute approximate surface area is 148 Å². The van der Waals surface area contributed by atoms with Gasteiger partial charge in [-0.2, -0.15) is 4.98 Å². The van der Waals surface area contributed by atoms with Crippen molar-refractivity contribution in [3.05, 3.63) is 36.4 Å². The molecule has 2 aromatic rings. The first kappa shape index (κ1) is 17.2. The molecule has 0 atom stereocenters. The Hall–Kier alpha value is -2.63. The summed E-state index contributed by atoms with van der Waals surface area (Å²) in [5.74, 6) is 1.58. The van der Waals surface area contributed by atoms with Gasteiger partial charge in [0.1, 0.15) is 5.82 Å². The maximum Gasteiger partial charge on any atom is 0.225 e. The molecule has 3 rings (SSSR count). The number of benzene rings is 1. The second-order valence-corrected chi connectivity index (χ2v) is 6.21. The lowest BCUT2D eigenvalue weighted by molar-refractivity contribution is -0.118. The minimum absolute atomic E-state index is 0.669. The van der Waals surface area contributed by atoms with E-state index in [2.05, 4.69) is 34.3 Å². The molecule has 0 radical (unpaired) electrons. The summed E-state index contributed by atoms with van der Waals surface area (Å²) in [5.41, 5.74) is 2.00. The molecular formula is C19H25N5O. The molecule has 1 saturated heterocycles. The second-order valence-electron chi connectivity index (χ2n) is 6.21. The number of unbranched alkanes of at least 4 members (excludes halogenated alkanes) is 1. The van der Waals surface area contributed by atoms with E-state index in [-0.39, 0.29) is 0 Å². The minimum Gasteiger partial charge on any atom is -0.354 e. The molecule has 0 bridgehead atoms. The fourth-order valence-corrected chi connectivity index (χ4v) is 2.87. The Kier molecular flexibility index (Phi) is 5.82. The number of hydrogen-bond acceptors (Lipinski definition) is 5. The zero-order valence-electron chi connectivity index (χ0n) is 14.7. The van der Waals surface area contributed by atoms with Crippen molar-refractivity contribution in [1.29, 1.82) is 0 Å². The third-order valence-electron chi connectivity index (χ3n) is 4.38. The van der Waals surface area contributed by atoms with Crippen molar-refractivity contribution in [2.75, 3.05) is 42.9 Å². The maximum absolute atomic E-state index is 10.9. The fourth-order valence-electron chi connectivity index (χ4n) is 2.87. The van der Waals surface area contributed by atoms with E-state index in [1.165, 1.54) is 0 Å². The van der Waals surface area contributed by atoms with E-state index >= 15 is 0 Å². The van der Waals surface area contributed by atoms with Crippen LogP contribution in [0.5, 0.6) is 0 Å². The molecule has 0 unspecified atom stereocenters. The smallest absolute Gasteiger partial charge is 0.225 e. The number of nitrogens with one attached hydrogen (secondary N) is 1. The van der Waals surface area contributed by atoms with Gasteiger partial charge in [-0.15, -0.1) is 0 Å². The summed E-state index contributed by atoms with van der Waals surface area (Å²) in [7, 11) is 0. The third kappa shape index (κ3) is 4.47. The van der Waals surface area contributed by atoms with Crippen LogP contribution in [0.1, 0.15) is 19.8 Å². The monoisotopic (exact) mass is 339 g/mol. The molecule has 1 fully saturated rings. The van der Waals surface area contributed by atoms with Gasteiger partial charge in [0.2, 0.25) is 12.4 Å². The number of hydrogen-bond donors (Lipinski definition) is 1. The quantitative estimate of drug-likeness (QED) is 0.621. The topological polar surface area (TPSA) is 61.4 Å². The molecule has 0 spiro atoms. The lowest BCUT2D eigenvalue weighted by Gasteiger charge is -2.33. The predicted octanol–water partition coefficient (Wildman–Crippen LogP) is 2.63. The Morgan fingerprint density at radius 1 is 1.12 bits per heavy atom. The van der Waals surface area contributed by atoms with Crippen LogP contribution in [0.4, 0.5) is 11.8 Å². The number of nitrogens with zero attached hydrogens (tertiary/aromatic N) is 4. The molecule has 25 heavy (non-hydrogen) atoms. The Bertz CT molecular complexity index is 683. The normalized spacial score (nSPS) is 14.4. The molecule has 1 aromatic heterocycles. The van der Waals surface area contributed by atoms with Crippen LogP contribution in [0, 0.1) is 0 Å². The molecule has 0 saturated carbocycles. The van der Waals surface area contributed by atoms with E-state index in [1.54, 1.807) is 4.90 Å². The van der Waals surface area contributed by atoms with Gasteiger partial charge in [-0.1, -0.05) is 43.7 Å². The summed E-state index contributed by atoms with van der Waals surface area (Å²) in [4.78, 5) is 24.3. The highest BCUT2D eigenvalue weighted by Crippen LogP contribution is 2.24. The standard InChI is InChI=1S/C19H25N5O/c1-2-3-9-20-19-21-17(16-7-5-4-6-8-16)14-18(22-19)24-12-10-23(15-25)11-13-24/h4-8,14-15H,2-3,9-13H2,1H3,(H,20,21,22). The van der Waals surface area contributed by atoms with Gasteiger partial charge in [0.25, 0.3) is 0 Å². The number of carbonyl (C=O) groups excluding carboxylic acids is 1. The van der Waals surface area contributed by atoms with Crippen LogP contribution < -0.4 is 10.2 Å². The lowest BCUT2D eigenvalue weighted by atomic mass is 10.1. The van der Waals surface area contributed by atoms with Crippen LogP contribution in [0.15, 0.2) is 36.4 Å². The average molecular weight is 339 g/mol. The van der Waals surface area contributed by atoms with Crippen molar-refractivity contribution in [2.24, 2.45) is 0 Å². The summed E-state index contributed by atoms with van der Waals surface area (Å²) in [6, 6.07) is 12.2. The van der Waals surface area contributed by atoms with Gasteiger partial charge < -0.3 is 15.1 Å². The van der Waals surface area contributed by atoms with Crippen molar-refractivity contribution in [1.82, 2.24) is 14.9 Å². The number of piperazine rings is 1. The van der Waals surface area contributed by atoms with Gasteiger partial charge >= 0.3 is 0 Å². The summed E-state index contributed by atoms with van der Waals surface area (Å²) in [6.45, 7) is 6.07. The Balaban J connectivity index is 1.85. The van der Waals surface area contributed by atoms with Gasteiger partial charge in [0, 0.05) is 44.4 Å². The Morgan fingerprint density at radius 2 is 1.88 bits per heavy atom. The van der Waals surface area contributed by atoms with Crippen molar-refractivity contribution >= 4 is 18.2 Å². The molecule has 1 aliphatic rings. The molecular weight excluding hydrogens is 314 g/mol. The average Bonchev–Trinajstić information content (AvgIpc) is 2.69. The van der Waals surface area contributed by atoms with Crippen molar-refractivity contribution < 1.29 is 4.79 Å². The van der Waals surface area contributed by atoms with Gasteiger partial charge in [-0.3, -0.25) is 4.79 Å². The first-order valence-corrected chi connectivity index (χ1v) is 8.93. The van der Waals surface area contributed by atoms with Gasteiger partial charge in [0.15, 0.2) is 0 Å². The highest BCUT2D eigenvalue weighted by atomic mass is 16.1. The van der Waals surface area contributed by atoms with Gasteiger partial charge in [-0.25, -0.2) is 4.98 Å². The molecule has 0 aliphatic carbocycles. The van der Waals surface area contributed by atoms with Crippen molar-refractivity contribution in [3.8, 4) is 11.3 Å². The highest BCUT2D eigenvalue weighted by molar-refractivity contribution is 5.65. The first-order chi connectivity index (χ1) is 12.3. The molecule has 6 heteroatoms. The number of carbonyl (C=O) groups is 1. The summed E-state index contributed by atoms with van der Waals surface area (Å²) in [6.07, 6.45) is 3.14. The van der Waals surface area contributed by atoms with E-state index in [0.717, 1.165) is 69.1 Å². The molecule has 6 nitrogen and oxygen atoms in total. The molecule has 2 heterocycles. The van der Waals surface area contributed by atoms with Crippen LogP contribution in [0.2, 0.25) is 0 Å². The number of amides is 1. The molecule has 1 aliphatic heterocycles. The van der Waals surface area contributed by atoms with Gasteiger partial charge in [-0.05, 0) is 6.42 Å². The summed E-state index contributed by atoms with van der Waals surface area (Å²) in [5, 5.41) is 3.34. The number of anilines is 2. The second kappa shape index (κ2) is 8.46. The zero-order chi connectivity index (χ0) is 17.5. The van der Waals surface area contributed by atoms with E-state index in [9.17, 15) is 4.79 Å². The molecule has 132 valence electrons. The van der Waals surface area contributed by atoms with Crippen LogP contribution >= 0.6 is 0 Å². The number of rotatable bonds is 7. The Morgan fingerprint density at radius 3 is 2.56 bits per heavy atom. The minimum atomic E-state index is 0.669. The lowest BCUT2D eigenvalue weighted by Crippen LogP contribution is -2.46. The van der Waals surface area contributed by atoms with Crippen molar-refractivity contribution in [2.45, 2.75) is 19.8 Å². The van der Waals surface area contributed by atoms with E-state index < -0.39 is 0 Å². The third-order valence-corrected chi connectivity index (χ3v) is 4.38. The van der Waals surface area contributed by atoms with Gasteiger partial charge in [0.05, 0.1) is 5.69 Å². The molecule has 1 N–H and O–H groups in total. The van der Waals surface area contributed by atoms with Crippen LogP contribution in [-0.2, 0) is 4.79 Å². The summed E-state index contributed by atoms with van der Waals surface area (Å²) >= 11 is 0. The van der Waals surface area contributed by atoms with E-state index in [4.69, 9.17) is 4.98 Å². The van der Waals surface area contributed by atoms with E-state index in [0.29, 0.717) is 5.95 Å². The predicted molar refractivity (Wildman–Crippen MR) is 101 cm³/mol. The number of aromatic nitrogens is 2.